The molecule has 0 atom stereocenters. The summed E-state index contributed by atoms with van der Waals surface area (Å²) in [5, 5.41) is 8.80. The van der Waals surface area contributed by atoms with Crippen LogP contribution < -0.4 is 11.2 Å². The summed E-state index contributed by atoms with van der Waals surface area (Å²) in [4.78, 5) is 35.5. The van der Waals surface area contributed by atoms with Gasteiger partial charge in [0.15, 0.2) is 0 Å². The topological polar surface area (TPSA) is 92.2 Å². The molecule has 98 valence electrons. The van der Waals surface area contributed by atoms with E-state index in [0.29, 0.717) is 5.56 Å². The summed E-state index contributed by atoms with van der Waals surface area (Å²) < 4.78 is 14.0. The third-order valence-electron chi connectivity index (χ3n) is 2.48. The lowest BCUT2D eigenvalue weighted by Gasteiger charge is -2.06. The molecule has 0 radical (unpaired) electrons. The van der Waals surface area contributed by atoms with E-state index < -0.39 is 28.6 Å². The standard InChI is InChI=1S/C12H9FN2O4/c13-8-3-1-2-7(4-8)5-15-6-9(11(17)18)10(16)14-12(15)19/h1-4,6H,5H2,(H,17,18)(H,14,16,19). The highest BCUT2D eigenvalue weighted by Crippen LogP contribution is 2.04. The summed E-state index contributed by atoms with van der Waals surface area (Å²) >= 11 is 0. The average molecular weight is 264 g/mol. The van der Waals surface area contributed by atoms with Crippen LogP contribution in [-0.2, 0) is 6.54 Å². The minimum absolute atomic E-state index is 0.0341. The van der Waals surface area contributed by atoms with Crippen molar-refractivity contribution in [2.24, 2.45) is 0 Å². The number of hydrogen-bond donors (Lipinski definition) is 2. The molecule has 6 nitrogen and oxygen atoms in total. The van der Waals surface area contributed by atoms with Gasteiger partial charge in [-0.05, 0) is 17.7 Å². The van der Waals surface area contributed by atoms with Gasteiger partial charge in [0, 0.05) is 6.20 Å². The summed E-state index contributed by atoms with van der Waals surface area (Å²) in [5.74, 6) is -1.90. The van der Waals surface area contributed by atoms with Crippen LogP contribution in [0.2, 0.25) is 0 Å². The number of carboxylic acids is 1. The Morgan fingerprint density at radius 3 is 2.74 bits per heavy atom. The summed E-state index contributed by atoms with van der Waals surface area (Å²) in [6.07, 6.45) is 0.939. The highest BCUT2D eigenvalue weighted by atomic mass is 19.1. The molecule has 2 aromatic rings. The summed E-state index contributed by atoms with van der Waals surface area (Å²) in [7, 11) is 0. The van der Waals surface area contributed by atoms with Gasteiger partial charge in [0.05, 0.1) is 6.54 Å². The maximum absolute atomic E-state index is 13.0. The SMILES string of the molecule is O=C(O)c1cn(Cc2cccc(F)c2)c(=O)[nH]c1=O. The molecule has 2 N–H and O–H groups in total. The van der Waals surface area contributed by atoms with Crippen molar-refractivity contribution < 1.29 is 14.3 Å². The normalized spacial score (nSPS) is 10.4. The van der Waals surface area contributed by atoms with Gasteiger partial charge in [0.25, 0.3) is 5.56 Å². The highest BCUT2D eigenvalue weighted by molar-refractivity contribution is 5.86. The van der Waals surface area contributed by atoms with Crippen molar-refractivity contribution in [1.82, 2.24) is 9.55 Å². The van der Waals surface area contributed by atoms with Crippen LogP contribution in [0.25, 0.3) is 0 Å². The number of aromatic carboxylic acids is 1. The van der Waals surface area contributed by atoms with Crippen molar-refractivity contribution >= 4 is 5.97 Å². The molecule has 0 fully saturated rings. The summed E-state index contributed by atoms with van der Waals surface area (Å²) in [6, 6.07) is 5.53. The number of carboxylic acid groups (broad SMARTS) is 1. The first-order valence-corrected chi connectivity index (χ1v) is 5.29. The minimum atomic E-state index is -1.44. The van der Waals surface area contributed by atoms with Crippen LogP contribution in [-0.4, -0.2) is 20.6 Å². The molecular formula is C12H9FN2O4. The third kappa shape index (κ3) is 2.76. The molecule has 0 saturated heterocycles. The van der Waals surface area contributed by atoms with E-state index in [1.165, 1.54) is 18.2 Å². The first kappa shape index (κ1) is 12.7. The fraction of sp³-hybridized carbons (Fsp3) is 0.0833. The van der Waals surface area contributed by atoms with Crippen LogP contribution >= 0.6 is 0 Å². The number of nitrogens with one attached hydrogen (secondary N) is 1. The largest absolute Gasteiger partial charge is 0.477 e. The Bertz CT molecular complexity index is 748. The highest BCUT2D eigenvalue weighted by Gasteiger charge is 2.11. The van der Waals surface area contributed by atoms with Crippen LogP contribution in [0.5, 0.6) is 0 Å². The molecule has 2 rings (SSSR count). The van der Waals surface area contributed by atoms with Gasteiger partial charge in [-0.25, -0.2) is 14.0 Å². The second-order valence-electron chi connectivity index (χ2n) is 3.87. The monoisotopic (exact) mass is 264 g/mol. The zero-order chi connectivity index (χ0) is 14.0. The lowest BCUT2D eigenvalue weighted by Crippen LogP contribution is -2.33. The molecule has 0 aliphatic heterocycles. The van der Waals surface area contributed by atoms with E-state index in [2.05, 4.69) is 0 Å². The molecule has 0 bridgehead atoms. The van der Waals surface area contributed by atoms with Crippen LogP contribution in [0.1, 0.15) is 15.9 Å². The Morgan fingerprint density at radius 1 is 1.37 bits per heavy atom. The minimum Gasteiger partial charge on any atom is -0.477 e. The lowest BCUT2D eigenvalue weighted by atomic mass is 10.2. The predicted octanol–water partition coefficient (Wildman–Crippen LogP) is 0.422. The van der Waals surface area contributed by atoms with E-state index in [1.54, 1.807) is 6.07 Å². The number of aromatic amines is 1. The summed E-state index contributed by atoms with van der Waals surface area (Å²) in [6.45, 7) is -0.0341. The number of aromatic nitrogens is 2. The van der Waals surface area contributed by atoms with Crippen molar-refractivity contribution in [3.05, 3.63) is 68.2 Å². The maximum Gasteiger partial charge on any atom is 0.342 e. The quantitative estimate of drug-likeness (QED) is 0.840. The van der Waals surface area contributed by atoms with Gasteiger partial charge >= 0.3 is 11.7 Å². The van der Waals surface area contributed by atoms with Gasteiger partial charge in [-0.15, -0.1) is 0 Å². The predicted molar refractivity (Wildman–Crippen MR) is 63.8 cm³/mol. The van der Waals surface area contributed by atoms with Crippen molar-refractivity contribution in [3.8, 4) is 0 Å². The molecule has 0 aliphatic rings. The van der Waals surface area contributed by atoms with Gasteiger partial charge in [-0.3, -0.25) is 14.3 Å². The average Bonchev–Trinajstić information content (AvgIpc) is 2.32. The van der Waals surface area contributed by atoms with E-state index >= 15 is 0 Å². The number of hydrogen-bond acceptors (Lipinski definition) is 3. The first-order valence-electron chi connectivity index (χ1n) is 5.29. The first-order chi connectivity index (χ1) is 8.97. The van der Waals surface area contributed by atoms with Gasteiger partial charge in [0.1, 0.15) is 11.4 Å². The lowest BCUT2D eigenvalue weighted by molar-refractivity contribution is 0.0693. The Labute approximate surface area is 105 Å². The molecule has 0 aliphatic carbocycles. The van der Waals surface area contributed by atoms with E-state index in [9.17, 15) is 18.8 Å². The molecule has 1 aromatic carbocycles. The maximum atomic E-state index is 13.0. The zero-order valence-corrected chi connectivity index (χ0v) is 9.59. The molecule has 1 heterocycles. The molecule has 0 amide bonds. The molecule has 0 saturated carbocycles. The Morgan fingerprint density at radius 2 is 2.11 bits per heavy atom. The van der Waals surface area contributed by atoms with Crippen LogP contribution in [0.15, 0.2) is 40.1 Å². The van der Waals surface area contributed by atoms with E-state index in [4.69, 9.17) is 5.11 Å². The molecule has 0 unspecified atom stereocenters. The van der Waals surface area contributed by atoms with Crippen LogP contribution in [0, 0.1) is 5.82 Å². The molecule has 0 spiro atoms. The van der Waals surface area contributed by atoms with Crippen molar-refractivity contribution in [2.45, 2.75) is 6.54 Å². The molecular weight excluding hydrogens is 255 g/mol. The number of carbonyl (C=O) groups is 1. The van der Waals surface area contributed by atoms with Crippen molar-refractivity contribution in [3.63, 3.8) is 0 Å². The zero-order valence-electron chi connectivity index (χ0n) is 9.59. The fourth-order valence-corrected chi connectivity index (χ4v) is 1.61. The van der Waals surface area contributed by atoms with Crippen LogP contribution in [0.3, 0.4) is 0 Å². The molecule has 19 heavy (non-hydrogen) atoms. The smallest absolute Gasteiger partial charge is 0.342 e. The van der Waals surface area contributed by atoms with Crippen molar-refractivity contribution in [1.29, 1.82) is 0 Å². The van der Waals surface area contributed by atoms with E-state index in [0.717, 1.165) is 10.8 Å². The number of rotatable bonds is 3. The molecule has 1 aromatic heterocycles. The Kier molecular flexibility index (Phi) is 3.28. The second kappa shape index (κ2) is 4.89. The third-order valence-corrected chi connectivity index (χ3v) is 2.48. The second-order valence-corrected chi connectivity index (χ2v) is 3.87. The van der Waals surface area contributed by atoms with Gasteiger partial charge < -0.3 is 5.11 Å². The summed E-state index contributed by atoms with van der Waals surface area (Å²) in [5.41, 5.74) is -1.78. The Balaban J connectivity index is 2.46. The van der Waals surface area contributed by atoms with Crippen LogP contribution in [0.4, 0.5) is 4.39 Å². The van der Waals surface area contributed by atoms with E-state index in [1.807, 2.05) is 4.98 Å². The van der Waals surface area contributed by atoms with Gasteiger partial charge in [-0.1, -0.05) is 12.1 Å². The number of benzene rings is 1. The van der Waals surface area contributed by atoms with E-state index in [-0.39, 0.29) is 6.54 Å². The van der Waals surface area contributed by atoms with Gasteiger partial charge in [-0.2, -0.15) is 0 Å². The van der Waals surface area contributed by atoms with Crippen molar-refractivity contribution in [2.75, 3.05) is 0 Å². The van der Waals surface area contributed by atoms with Gasteiger partial charge in [0.2, 0.25) is 0 Å². The molecule has 7 heteroatoms. The number of H-pyrrole nitrogens is 1. The number of nitrogens with zero attached hydrogens (tertiary/aromatic N) is 1. The Hall–Kier alpha value is -2.70. The fourth-order valence-electron chi connectivity index (χ4n) is 1.61. The number of halogens is 1.